The molecule has 1 saturated heterocycles. The summed E-state index contributed by atoms with van der Waals surface area (Å²) in [5.74, 6) is 2.25. The lowest BCUT2D eigenvalue weighted by atomic mass is 9.95. The molecule has 0 spiro atoms. The molecule has 1 aliphatic carbocycles. The van der Waals surface area contributed by atoms with E-state index in [1.165, 1.54) is 24.1 Å². The fourth-order valence-corrected chi connectivity index (χ4v) is 3.12. The van der Waals surface area contributed by atoms with Gasteiger partial charge >= 0.3 is 6.01 Å². The lowest BCUT2D eigenvalue weighted by Gasteiger charge is -2.40. The van der Waals surface area contributed by atoms with Crippen molar-refractivity contribution in [1.82, 2.24) is 20.3 Å². The largest absolute Gasteiger partial charge is 0.354 e. The molecule has 22 heavy (non-hydrogen) atoms. The number of anilines is 2. The van der Waals surface area contributed by atoms with Gasteiger partial charge in [-0.3, -0.25) is 0 Å². The van der Waals surface area contributed by atoms with Gasteiger partial charge in [-0.05, 0) is 44.2 Å². The Morgan fingerprint density at radius 1 is 1.27 bits per heavy atom. The second-order valence-electron chi connectivity index (χ2n) is 6.18. The van der Waals surface area contributed by atoms with E-state index < -0.39 is 0 Å². The number of aryl methyl sites for hydroxylation is 3. The van der Waals surface area contributed by atoms with Crippen molar-refractivity contribution in [2.45, 2.75) is 32.6 Å². The SMILES string of the molecule is Cc1noc(NCC2CN(c3cc4c(nn3)CCCC4)C2)n1. The molecule has 2 aromatic heterocycles. The number of nitrogens with zero attached hydrogens (tertiary/aromatic N) is 5. The van der Waals surface area contributed by atoms with Gasteiger partial charge in [0.15, 0.2) is 11.6 Å². The minimum absolute atomic E-state index is 0.504. The van der Waals surface area contributed by atoms with Crippen molar-refractivity contribution in [3.63, 3.8) is 0 Å². The van der Waals surface area contributed by atoms with Gasteiger partial charge in [-0.2, -0.15) is 10.1 Å². The second kappa shape index (κ2) is 5.55. The maximum absolute atomic E-state index is 5.05. The summed E-state index contributed by atoms with van der Waals surface area (Å²) in [7, 11) is 0. The molecule has 0 saturated carbocycles. The minimum atomic E-state index is 0.504. The summed E-state index contributed by atoms with van der Waals surface area (Å²) in [5, 5.41) is 15.7. The fraction of sp³-hybridized carbons (Fsp3) is 0.600. The molecule has 2 aliphatic rings. The molecule has 0 unspecified atom stereocenters. The zero-order chi connectivity index (χ0) is 14.9. The molecule has 1 N–H and O–H groups in total. The Hall–Kier alpha value is -2.18. The van der Waals surface area contributed by atoms with Gasteiger partial charge in [-0.15, -0.1) is 5.10 Å². The Labute approximate surface area is 129 Å². The second-order valence-corrected chi connectivity index (χ2v) is 6.18. The van der Waals surface area contributed by atoms with Gasteiger partial charge in [0, 0.05) is 25.6 Å². The Morgan fingerprint density at radius 2 is 2.14 bits per heavy atom. The van der Waals surface area contributed by atoms with E-state index in [0.29, 0.717) is 17.8 Å². The van der Waals surface area contributed by atoms with E-state index in [0.717, 1.165) is 38.3 Å². The van der Waals surface area contributed by atoms with Crippen LogP contribution in [0.1, 0.15) is 29.9 Å². The van der Waals surface area contributed by atoms with E-state index in [4.69, 9.17) is 4.52 Å². The molecule has 4 rings (SSSR count). The third-order valence-corrected chi connectivity index (χ3v) is 4.41. The van der Waals surface area contributed by atoms with Gasteiger partial charge in [-0.1, -0.05) is 5.16 Å². The molecule has 3 heterocycles. The smallest absolute Gasteiger partial charge is 0.321 e. The van der Waals surface area contributed by atoms with Crippen LogP contribution in [-0.4, -0.2) is 40.0 Å². The van der Waals surface area contributed by atoms with Crippen molar-refractivity contribution in [2.75, 3.05) is 29.9 Å². The van der Waals surface area contributed by atoms with E-state index in [1.807, 2.05) is 6.92 Å². The van der Waals surface area contributed by atoms with Crippen molar-refractivity contribution in [3.05, 3.63) is 23.1 Å². The first-order valence-corrected chi connectivity index (χ1v) is 7.92. The molecule has 116 valence electrons. The van der Waals surface area contributed by atoms with Crippen LogP contribution in [0.4, 0.5) is 11.8 Å². The molecule has 0 bridgehead atoms. The molecule has 7 nitrogen and oxygen atoms in total. The minimum Gasteiger partial charge on any atom is -0.354 e. The summed E-state index contributed by atoms with van der Waals surface area (Å²) < 4.78 is 5.05. The molecular formula is C15H20N6O. The number of rotatable bonds is 4. The van der Waals surface area contributed by atoms with Crippen LogP contribution in [0.5, 0.6) is 0 Å². The normalized spacial score (nSPS) is 18.0. The number of aromatic nitrogens is 4. The first-order chi connectivity index (χ1) is 10.8. The number of fused-ring (bicyclic) bond motifs is 1. The van der Waals surface area contributed by atoms with Crippen LogP contribution in [0.3, 0.4) is 0 Å². The van der Waals surface area contributed by atoms with E-state index in [9.17, 15) is 0 Å². The predicted molar refractivity (Wildman–Crippen MR) is 81.9 cm³/mol. The number of hydrogen-bond acceptors (Lipinski definition) is 7. The lowest BCUT2D eigenvalue weighted by Crippen LogP contribution is -2.50. The molecule has 2 aromatic rings. The third kappa shape index (κ3) is 2.63. The van der Waals surface area contributed by atoms with Crippen LogP contribution in [-0.2, 0) is 12.8 Å². The van der Waals surface area contributed by atoms with Crippen molar-refractivity contribution in [3.8, 4) is 0 Å². The first-order valence-electron chi connectivity index (χ1n) is 7.92. The zero-order valence-electron chi connectivity index (χ0n) is 12.7. The van der Waals surface area contributed by atoms with Crippen molar-refractivity contribution in [2.24, 2.45) is 5.92 Å². The third-order valence-electron chi connectivity index (χ3n) is 4.41. The molecule has 0 radical (unpaired) electrons. The van der Waals surface area contributed by atoms with Crippen LogP contribution in [0.25, 0.3) is 0 Å². The van der Waals surface area contributed by atoms with Crippen LogP contribution in [0.2, 0.25) is 0 Å². The van der Waals surface area contributed by atoms with Crippen molar-refractivity contribution < 1.29 is 4.52 Å². The van der Waals surface area contributed by atoms with E-state index >= 15 is 0 Å². The van der Waals surface area contributed by atoms with Gasteiger partial charge in [0.25, 0.3) is 0 Å². The van der Waals surface area contributed by atoms with Crippen LogP contribution < -0.4 is 10.2 Å². The Morgan fingerprint density at radius 3 is 2.95 bits per heavy atom. The summed E-state index contributed by atoms with van der Waals surface area (Å²) in [6, 6.07) is 2.73. The molecule has 0 aromatic carbocycles. The molecule has 0 amide bonds. The van der Waals surface area contributed by atoms with E-state index in [2.05, 4.69) is 36.6 Å². The highest BCUT2D eigenvalue weighted by Gasteiger charge is 2.29. The average molecular weight is 300 g/mol. The number of hydrogen-bond donors (Lipinski definition) is 1. The fourth-order valence-electron chi connectivity index (χ4n) is 3.12. The van der Waals surface area contributed by atoms with Gasteiger partial charge in [-0.25, -0.2) is 0 Å². The monoisotopic (exact) mass is 300 g/mol. The average Bonchev–Trinajstić information content (AvgIpc) is 2.91. The summed E-state index contributed by atoms with van der Waals surface area (Å²) >= 11 is 0. The van der Waals surface area contributed by atoms with Crippen LogP contribution >= 0.6 is 0 Å². The van der Waals surface area contributed by atoms with Crippen LogP contribution in [0, 0.1) is 12.8 Å². The van der Waals surface area contributed by atoms with Crippen molar-refractivity contribution in [1.29, 1.82) is 0 Å². The standard InChI is InChI=1S/C15H20N6O/c1-10-17-15(22-20-10)16-7-11-8-21(9-11)14-6-12-4-2-3-5-13(12)18-19-14/h6,11H,2-5,7-9H2,1H3,(H,16,17,20). The molecular weight excluding hydrogens is 280 g/mol. The van der Waals surface area contributed by atoms with E-state index in [1.54, 1.807) is 0 Å². The van der Waals surface area contributed by atoms with Gasteiger partial charge < -0.3 is 14.7 Å². The topological polar surface area (TPSA) is 80.0 Å². The summed E-state index contributed by atoms with van der Waals surface area (Å²) in [5.41, 5.74) is 2.58. The van der Waals surface area contributed by atoms with Gasteiger partial charge in [0.1, 0.15) is 0 Å². The molecule has 1 aliphatic heterocycles. The predicted octanol–water partition coefficient (Wildman–Crippen LogP) is 1.60. The lowest BCUT2D eigenvalue weighted by molar-refractivity contribution is 0.400. The zero-order valence-corrected chi connectivity index (χ0v) is 12.7. The van der Waals surface area contributed by atoms with Crippen molar-refractivity contribution >= 4 is 11.8 Å². The highest BCUT2D eigenvalue weighted by Crippen LogP contribution is 2.26. The highest BCUT2D eigenvalue weighted by molar-refractivity contribution is 5.44. The maximum Gasteiger partial charge on any atom is 0.321 e. The Balaban J connectivity index is 1.31. The van der Waals surface area contributed by atoms with Gasteiger partial charge in [0.05, 0.1) is 5.69 Å². The summed E-state index contributed by atoms with van der Waals surface area (Å²) in [6.07, 6.45) is 4.74. The number of nitrogens with one attached hydrogen (secondary N) is 1. The summed E-state index contributed by atoms with van der Waals surface area (Å²) in [6.45, 7) is 4.65. The first kappa shape index (κ1) is 13.5. The quantitative estimate of drug-likeness (QED) is 0.918. The Kier molecular flexibility index (Phi) is 3.40. The molecule has 1 fully saturated rings. The van der Waals surface area contributed by atoms with Gasteiger partial charge in [0.2, 0.25) is 0 Å². The van der Waals surface area contributed by atoms with E-state index in [-0.39, 0.29) is 0 Å². The summed E-state index contributed by atoms with van der Waals surface area (Å²) in [4.78, 5) is 6.43. The molecule has 7 heteroatoms. The maximum atomic E-state index is 5.05. The Bertz CT molecular complexity index is 664. The highest BCUT2D eigenvalue weighted by atomic mass is 16.5. The molecule has 0 atom stereocenters. The van der Waals surface area contributed by atoms with Crippen LogP contribution in [0.15, 0.2) is 10.6 Å².